The molecule has 0 amide bonds. The number of rotatable bonds is 6. The van der Waals surface area contributed by atoms with Crippen LogP contribution in [0.2, 0.25) is 0 Å². The Morgan fingerprint density at radius 3 is 2.60 bits per heavy atom. The highest BCUT2D eigenvalue weighted by Crippen LogP contribution is 2.23. The smallest absolute Gasteiger partial charge is 0.208 e. The second-order valence-electron chi connectivity index (χ2n) is 4.83. The van der Waals surface area contributed by atoms with Gasteiger partial charge in [-0.1, -0.05) is 52.3 Å². The van der Waals surface area contributed by atoms with Gasteiger partial charge in [0.2, 0.25) is 10.0 Å². The third-order valence-corrected chi connectivity index (χ3v) is 5.37. The highest BCUT2D eigenvalue weighted by atomic mass is 79.9. The number of halogens is 1. The van der Waals surface area contributed by atoms with Gasteiger partial charge in [0.25, 0.3) is 0 Å². The van der Waals surface area contributed by atoms with Crippen molar-refractivity contribution in [3.8, 4) is 0 Å². The monoisotopic (exact) mass is 355 g/mol. The van der Waals surface area contributed by atoms with Crippen LogP contribution in [0.5, 0.6) is 0 Å². The Labute approximate surface area is 128 Å². The SMILES string of the molecule is CC(CCCBr)NS(=O)(=O)c1cccc2ccccc12. The zero-order valence-corrected chi connectivity index (χ0v) is 13.7. The van der Waals surface area contributed by atoms with Gasteiger partial charge in [0.15, 0.2) is 0 Å². The van der Waals surface area contributed by atoms with Crippen molar-refractivity contribution in [2.45, 2.75) is 30.7 Å². The van der Waals surface area contributed by atoms with E-state index >= 15 is 0 Å². The van der Waals surface area contributed by atoms with Crippen LogP contribution in [0.1, 0.15) is 19.8 Å². The summed E-state index contributed by atoms with van der Waals surface area (Å²) in [6, 6.07) is 12.8. The number of alkyl halides is 1. The summed E-state index contributed by atoms with van der Waals surface area (Å²) in [7, 11) is -3.48. The van der Waals surface area contributed by atoms with Crippen LogP contribution in [0.15, 0.2) is 47.4 Å². The lowest BCUT2D eigenvalue weighted by Gasteiger charge is -2.15. The molecule has 0 saturated heterocycles. The van der Waals surface area contributed by atoms with Gasteiger partial charge in [0.1, 0.15) is 0 Å². The maximum Gasteiger partial charge on any atom is 0.241 e. The molecule has 1 N–H and O–H groups in total. The van der Waals surface area contributed by atoms with Gasteiger partial charge >= 0.3 is 0 Å². The van der Waals surface area contributed by atoms with Crippen molar-refractivity contribution in [3.63, 3.8) is 0 Å². The molecule has 2 aromatic carbocycles. The van der Waals surface area contributed by atoms with Crippen molar-refractivity contribution in [2.24, 2.45) is 0 Å². The zero-order valence-electron chi connectivity index (χ0n) is 11.3. The number of hydrogen-bond donors (Lipinski definition) is 1. The Bertz CT molecular complexity index is 680. The van der Waals surface area contributed by atoms with Crippen LogP contribution in [-0.2, 0) is 10.0 Å². The van der Waals surface area contributed by atoms with Crippen LogP contribution >= 0.6 is 15.9 Å². The summed E-state index contributed by atoms with van der Waals surface area (Å²) in [6.45, 7) is 1.89. The predicted molar refractivity (Wildman–Crippen MR) is 86.8 cm³/mol. The number of sulfonamides is 1. The Kier molecular flexibility index (Phi) is 5.18. The lowest BCUT2D eigenvalue weighted by atomic mass is 10.1. The molecule has 0 spiro atoms. The third-order valence-electron chi connectivity index (χ3n) is 3.17. The Morgan fingerprint density at radius 2 is 1.85 bits per heavy atom. The van der Waals surface area contributed by atoms with Crippen molar-refractivity contribution >= 4 is 36.7 Å². The van der Waals surface area contributed by atoms with E-state index in [1.807, 2.05) is 37.3 Å². The quantitative estimate of drug-likeness (QED) is 0.803. The van der Waals surface area contributed by atoms with Gasteiger partial charge in [-0.05, 0) is 31.2 Å². The van der Waals surface area contributed by atoms with Crippen molar-refractivity contribution < 1.29 is 8.42 Å². The minimum absolute atomic E-state index is 0.0727. The van der Waals surface area contributed by atoms with Crippen LogP contribution in [0.25, 0.3) is 10.8 Å². The molecule has 20 heavy (non-hydrogen) atoms. The summed E-state index contributed by atoms with van der Waals surface area (Å²) in [5.41, 5.74) is 0. The first-order valence-corrected chi connectivity index (χ1v) is 9.21. The van der Waals surface area contributed by atoms with Crippen LogP contribution < -0.4 is 4.72 Å². The summed E-state index contributed by atoms with van der Waals surface area (Å²) < 4.78 is 27.7. The molecule has 0 aliphatic rings. The molecule has 0 radical (unpaired) electrons. The molecule has 5 heteroatoms. The van der Waals surface area contributed by atoms with Gasteiger partial charge in [-0.25, -0.2) is 13.1 Å². The first kappa shape index (κ1) is 15.5. The van der Waals surface area contributed by atoms with E-state index in [9.17, 15) is 8.42 Å². The molecule has 0 aliphatic heterocycles. The van der Waals surface area contributed by atoms with E-state index in [4.69, 9.17) is 0 Å². The summed E-state index contributed by atoms with van der Waals surface area (Å²) in [5, 5.41) is 2.58. The molecular formula is C15H18BrNO2S. The molecule has 1 unspecified atom stereocenters. The second-order valence-corrected chi connectivity index (χ2v) is 7.31. The third kappa shape index (κ3) is 3.59. The Hall–Kier alpha value is -0.910. The average Bonchev–Trinajstić information content (AvgIpc) is 2.44. The van der Waals surface area contributed by atoms with E-state index in [0.29, 0.717) is 4.90 Å². The average molecular weight is 356 g/mol. The van der Waals surface area contributed by atoms with E-state index in [1.54, 1.807) is 12.1 Å². The van der Waals surface area contributed by atoms with Gasteiger partial charge < -0.3 is 0 Å². The van der Waals surface area contributed by atoms with Crippen molar-refractivity contribution in [1.82, 2.24) is 4.72 Å². The molecule has 2 aromatic rings. The van der Waals surface area contributed by atoms with Crippen LogP contribution in [0.4, 0.5) is 0 Å². The van der Waals surface area contributed by atoms with E-state index in [-0.39, 0.29) is 6.04 Å². The molecule has 3 nitrogen and oxygen atoms in total. The fourth-order valence-corrected chi connectivity index (χ4v) is 4.03. The summed E-state index contributed by atoms with van der Waals surface area (Å²) >= 11 is 3.36. The summed E-state index contributed by atoms with van der Waals surface area (Å²) in [6.07, 6.45) is 1.76. The zero-order chi connectivity index (χ0) is 14.6. The lowest BCUT2D eigenvalue weighted by Crippen LogP contribution is -2.32. The maximum absolute atomic E-state index is 12.5. The Morgan fingerprint density at radius 1 is 1.15 bits per heavy atom. The highest BCUT2D eigenvalue weighted by molar-refractivity contribution is 9.09. The molecule has 108 valence electrons. The summed E-state index contributed by atoms with van der Waals surface area (Å²) in [4.78, 5) is 0.348. The van der Waals surface area contributed by atoms with E-state index < -0.39 is 10.0 Å². The van der Waals surface area contributed by atoms with E-state index in [1.165, 1.54) is 0 Å². The van der Waals surface area contributed by atoms with Crippen molar-refractivity contribution in [3.05, 3.63) is 42.5 Å². The normalized spacial score (nSPS) is 13.5. The van der Waals surface area contributed by atoms with Gasteiger partial charge in [0.05, 0.1) is 4.90 Å². The van der Waals surface area contributed by atoms with Crippen LogP contribution in [0, 0.1) is 0 Å². The molecule has 0 bridgehead atoms. The summed E-state index contributed by atoms with van der Waals surface area (Å²) in [5.74, 6) is 0. The lowest BCUT2D eigenvalue weighted by molar-refractivity contribution is 0.546. The number of fused-ring (bicyclic) bond motifs is 1. The number of nitrogens with one attached hydrogen (secondary N) is 1. The standard InChI is InChI=1S/C15H18BrNO2S/c1-12(6-5-11-16)17-20(18,19)15-10-4-8-13-7-2-3-9-14(13)15/h2-4,7-10,12,17H,5-6,11H2,1H3. The van der Waals surface area contributed by atoms with Gasteiger partial charge in [-0.15, -0.1) is 0 Å². The highest BCUT2D eigenvalue weighted by Gasteiger charge is 2.19. The van der Waals surface area contributed by atoms with Gasteiger partial charge in [-0.3, -0.25) is 0 Å². The molecule has 1 atom stereocenters. The molecule has 0 aromatic heterocycles. The first-order chi connectivity index (χ1) is 9.54. The first-order valence-electron chi connectivity index (χ1n) is 6.60. The van der Waals surface area contributed by atoms with Crippen molar-refractivity contribution in [2.75, 3.05) is 5.33 Å². The number of hydrogen-bond acceptors (Lipinski definition) is 2. The van der Waals surface area contributed by atoms with Crippen LogP contribution in [-0.4, -0.2) is 19.8 Å². The van der Waals surface area contributed by atoms with E-state index in [0.717, 1.165) is 28.9 Å². The van der Waals surface area contributed by atoms with Crippen molar-refractivity contribution in [1.29, 1.82) is 0 Å². The minimum atomic E-state index is -3.48. The van der Waals surface area contributed by atoms with Crippen LogP contribution in [0.3, 0.4) is 0 Å². The minimum Gasteiger partial charge on any atom is -0.208 e. The fourth-order valence-electron chi connectivity index (χ4n) is 2.20. The van der Waals surface area contributed by atoms with E-state index in [2.05, 4.69) is 20.7 Å². The molecule has 0 saturated carbocycles. The van der Waals surface area contributed by atoms with Gasteiger partial charge in [-0.2, -0.15) is 0 Å². The van der Waals surface area contributed by atoms with Gasteiger partial charge in [0, 0.05) is 16.8 Å². The molecule has 0 fully saturated rings. The molecule has 0 heterocycles. The topological polar surface area (TPSA) is 46.2 Å². The second kappa shape index (κ2) is 6.70. The fraction of sp³-hybridized carbons (Fsp3) is 0.333. The maximum atomic E-state index is 12.5. The molecule has 2 rings (SSSR count). The molecule has 0 aliphatic carbocycles. The largest absolute Gasteiger partial charge is 0.241 e. The number of benzene rings is 2. The Balaban J connectivity index is 2.32. The predicted octanol–water partition coefficient (Wildman–Crippen LogP) is 3.68. The molecular weight excluding hydrogens is 338 g/mol.